The number of halogens is 2. The number of nitrogen functional groups attached to an aromatic ring is 1. The van der Waals surface area contributed by atoms with Gasteiger partial charge in [0.05, 0.1) is 10.6 Å². The van der Waals surface area contributed by atoms with Gasteiger partial charge < -0.3 is 16.8 Å². The van der Waals surface area contributed by atoms with Crippen LogP contribution in [0.5, 0.6) is 0 Å². The van der Waals surface area contributed by atoms with Crippen LogP contribution in [0.25, 0.3) is 0 Å². The van der Waals surface area contributed by atoms with Crippen LogP contribution in [-0.4, -0.2) is 22.7 Å². The molecule has 2 atom stereocenters. The summed E-state index contributed by atoms with van der Waals surface area (Å²) in [5, 5.41) is 3.14. The maximum absolute atomic E-state index is 15.3. The fourth-order valence-electron chi connectivity index (χ4n) is 2.89. The minimum Gasteiger partial charge on any atom is -0.384 e. The van der Waals surface area contributed by atoms with Gasteiger partial charge in [-0.15, -0.1) is 6.58 Å². The molecule has 0 saturated carbocycles. The number of carbonyl (C=O) groups is 2. The molecular weight excluding hydrogens is 383 g/mol. The van der Waals surface area contributed by atoms with E-state index >= 15 is 4.39 Å². The smallest absolute Gasteiger partial charge is 0.218 e. The Balaban J connectivity index is 2.43. The Morgan fingerprint density at radius 3 is 2.64 bits per heavy atom. The van der Waals surface area contributed by atoms with Gasteiger partial charge >= 0.3 is 0 Å². The van der Waals surface area contributed by atoms with E-state index in [0.29, 0.717) is 6.42 Å². The first-order valence-electron chi connectivity index (χ1n) is 8.64. The molecule has 1 amide bonds. The topological polar surface area (TPSA) is 111 Å². The van der Waals surface area contributed by atoms with E-state index < -0.39 is 23.5 Å². The van der Waals surface area contributed by atoms with E-state index in [1.807, 2.05) is 0 Å². The number of aromatic nitrogens is 1. The van der Waals surface area contributed by atoms with Gasteiger partial charge in [-0.3, -0.25) is 9.59 Å². The number of benzene rings is 1. The van der Waals surface area contributed by atoms with Crippen molar-refractivity contribution < 1.29 is 14.0 Å². The zero-order chi connectivity index (χ0) is 20.8. The summed E-state index contributed by atoms with van der Waals surface area (Å²) < 4.78 is 15.3. The third-order valence-electron chi connectivity index (χ3n) is 4.17. The lowest BCUT2D eigenvalue weighted by Crippen LogP contribution is -2.34. The summed E-state index contributed by atoms with van der Waals surface area (Å²) in [6.07, 6.45) is 3.35. The zero-order valence-corrected chi connectivity index (χ0v) is 16.2. The molecule has 0 unspecified atom stereocenters. The number of hydrogen-bond acceptors (Lipinski definition) is 5. The Hall–Kier alpha value is -2.77. The van der Waals surface area contributed by atoms with Gasteiger partial charge in [-0.05, 0) is 31.5 Å². The summed E-state index contributed by atoms with van der Waals surface area (Å²) in [5.41, 5.74) is 10.9. The third kappa shape index (κ3) is 5.15. The fraction of sp³-hybridized carbons (Fsp3) is 0.250. The molecular formula is C20H22ClFN4O2. The largest absolute Gasteiger partial charge is 0.384 e. The highest BCUT2D eigenvalue weighted by atomic mass is 35.5. The van der Waals surface area contributed by atoms with Crippen molar-refractivity contribution in [3.63, 3.8) is 0 Å². The van der Waals surface area contributed by atoms with Gasteiger partial charge in [-0.2, -0.15) is 0 Å². The molecule has 0 radical (unpaired) electrons. The summed E-state index contributed by atoms with van der Waals surface area (Å²) in [4.78, 5) is 27.8. The van der Waals surface area contributed by atoms with Gasteiger partial charge in [0.25, 0.3) is 0 Å². The average Bonchev–Trinajstić information content (AvgIpc) is 2.61. The van der Waals surface area contributed by atoms with E-state index in [0.717, 1.165) is 0 Å². The summed E-state index contributed by atoms with van der Waals surface area (Å²) in [6.45, 7) is 5.45. The molecule has 5 N–H and O–H groups in total. The van der Waals surface area contributed by atoms with Crippen LogP contribution >= 0.6 is 11.6 Å². The number of hydrogen-bond donors (Lipinski definition) is 3. The molecule has 0 spiro atoms. The molecule has 148 valence electrons. The van der Waals surface area contributed by atoms with Crippen LogP contribution in [0.4, 0.5) is 10.2 Å². The van der Waals surface area contributed by atoms with Crippen molar-refractivity contribution in [3.8, 4) is 0 Å². The number of ketones is 1. The minimum absolute atomic E-state index is 0.00869. The van der Waals surface area contributed by atoms with Crippen LogP contribution in [0.1, 0.15) is 47.3 Å². The maximum atomic E-state index is 15.3. The SMILES string of the molecule is C=CC[C@@H](N[C@H](C)CC(N)=O)c1ccc(Cl)c(C(=O)c2ccc(N)nc2)c1F. The minimum atomic E-state index is -0.736. The van der Waals surface area contributed by atoms with Crippen LogP contribution in [0, 0.1) is 5.82 Å². The Morgan fingerprint density at radius 2 is 2.07 bits per heavy atom. The van der Waals surface area contributed by atoms with Crippen molar-refractivity contribution in [1.82, 2.24) is 10.3 Å². The quantitative estimate of drug-likeness (QED) is 0.439. The van der Waals surface area contributed by atoms with E-state index in [2.05, 4.69) is 16.9 Å². The molecule has 28 heavy (non-hydrogen) atoms. The van der Waals surface area contributed by atoms with E-state index in [4.69, 9.17) is 23.1 Å². The highest BCUT2D eigenvalue weighted by Gasteiger charge is 2.25. The number of primary amides is 1. The summed E-state index contributed by atoms with van der Waals surface area (Å²) in [7, 11) is 0. The molecule has 0 aliphatic rings. The number of rotatable bonds is 9. The molecule has 0 saturated heterocycles. The number of anilines is 1. The van der Waals surface area contributed by atoms with Crippen LogP contribution in [0.2, 0.25) is 5.02 Å². The molecule has 0 bridgehead atoms. The second-order valence-corrected chi connectivity index (χ2v) is 6.85. The Bertz CT molecular complexity index is 887. The average molecular weight is 405 g/mol. The first-order valence-corrected chi connectivity index (χ1v) is 9.01. The van der Waals surface area contributed by atoms with Crippen molar-refractivity contribution >= 4 is 29.1 Å². The highest BCUT2D eigenvalue weighted by molar-refractivity contribution is 6.35. The van der Waals surface area contributed by atoms with Gasteiger partial charge in [-0.1, -0.05) is 23.7 Å². The summed E-state index contributed by atoms with van der Waals surface area (Å²) in [5.74, 6) is -1.56. The Kier molecular flexibility index (Phi) is 7.25. The van der Waals surface area contributed by atoms with Crippen LogP contribution < -0.4 is 16.8 Å². The molecule has 0 aliphatic carbocycles. The molecule has 2 rings (SSSR count). The molecule has 0 aliphatic heterocycles. The number of pyridine rings is 1. The molecule has 2 aromatic rings. The second-order valence-electron chi connectivity index (χ2n) is 6.44. The van der Waals surface area contributed by atoms with Crippen LogP contribution in [-0.2, 0) is 4.79 Å². The molecule has 1 aromatic carbocycles. The van der Waals surface area contributed by atoms with Gasteiger partial charge in [0.2, 0.25) is 5.91 Å². The molecule has 8 heteroatoms. The predicted molar refractivity (Wildman–Crippen MR) is 107 cm³/mol. The van der Waals surface area contributed by atoms with Crippen LogP contribution in [0.15, 0.2) is 43.1 Å². The van der Waals surface area contributed by atoms with Crippen molar-refractivity contribution in [1.29, 1.82) is 0 Å². The first kappa shape index (κ1) is 21.5. The number of nitrogens with one attached hydrogen (secondary N) is 1. The number of carbonyl (C=O) groups excluding carboxylic acids is 2. The molecule has 0 fully saturated rings. The first-order chi connectivity index (χ1) is 13.2. The van der Waals surface area contributed by atoms with E-state index in [1.54, 1.807) is 13.0 Å². The normalized spacial score (nSPS) is 13.0. The second kappa shape index (κ2) is 9.43. The maximum Gasteiger partial charge on any atom is 0.218 e. The third-order valence-corrected chi connectivity index (χ3v) is 4.48. The Labute approximate surface area is 167 Å². The monoisotopic (exact) mass is 404 g/mol. The van der Waals surface area contributed by atoms with Gasteiger partial charge in [0.15, 0.2) is 5.78 Å². The lowest BCUT2D eigenvalue weighted by Gasteiger charge is -2.23. The molecule has 1 heterocycles. The summed E-state index contributed by atoms with van der Waals surface area (Å²) in [6, 6.07) is 5.08. The summed E-state index contributed by atoms with van der Waals surface area (Å²) >= 11 is 6.13. The fourth-order valence-corrected chi connectivity index (χ4v) is 3.12. The van der Waals surface area contributed by atoms with Gasteiger partial charge in [0, 0.05) is 35.8 Å². The predicted octanol–water partition coefficient (Wildman–Crippen LogP) is 3.16. The number of nitrogens with zero attached hydrogens (tertiary/aromatic N) is 1. The zero-order valence-electron chi connectivity index (χ0n) is 15.4. The van der Waals surface area contributed by atoms with Gasteiger partial charge in [-0.25, -0.2) is 9.37 Å². The highest BCUT2D eigenvalue weighted by Crippen LogP contribution is 2.30. The van der Waals surface area contributed by atoms with Crippen molar-refractivity contribution in [2.24, 2.45) is 5.73 Å². The van der Waals surface area contributed by atoms with Crippen molar-refractivity contribution in [3.05, 3.63) is 70.6 Å². The van der Waals surface area contributed by atoms with Gasteiger partial charge in [0.1, 0.15) is 11.6 Å². The van der Waals surface area contributed by atoms with Crippen LogP contribution in [0.3, 0.4) is 0 Å². The molecule has 1 aromatic heterocycles. The van der Waals surface area contributed by atoms with E-state index in [1.165, 1.54) is 30.5 Å². The standard InChI is InChI=1S/C20H22ClFN4O2/c1-3-4-15(26-11(2)9-17(24)27)13-6-7-14(21)18(19(13)22)20(28)12-5-8-16(23)25-10-12/h3,5-8,10-11,15,26H,1,4,9H2,2H3,(H2,23,25)(H2,24,27)/t11-,15-/m1/s1. The van der Waals surface area contributed by atoms with Crippen molar-refractivity contribution in [2.45, 2.75) is 31.8 Å². The molecule has 6 nitrogen and oxygen atoms in total. The lowest BCUT2D eigenvalue weighted by molar-refractivity contribution is -0.118. The van der Waals surface area contributed by atoms with E-state index in [9.17, 15) is 9.59 Å². The van der Waals surface area contributed by atoms with E-state index in [-0.39, 0.29) is 40.0 Å². The number of nitrogens with two attached hydrogens (primary N) is 2. The van der Waals surface area contributed by atoms with Crippen molar-refractivity contribution in [2.75, 3.05) is 5.73 Å². The Morgan fingerprint density at radius 1 is 1.36 bits per heavy atom. The lowest BCUT2D eigenvalue weighted by atomic mass is 9.95. The number of amides is 1.